The maximum atomic E-state index is 11.5. The molecule has 0 fully saturated rings. The molecule has 0 aliphatic rings. The number of ether oxygens (including phenoxy) is 2. The summed E-state index contributed by atoms with van der Waals surface area (Å²) in [6.45, 7) is 25.8. The van der Waals surface area contributed by atoms with E-state index in [0.29, 0.717) is 13.2 Å². The van der Waals surface area contributed by atoms with Gasteiger partial charge in [-0.3, -0.25) is 19.2 Å². The summed E-state index contributed by atoms with van der Waals surface area (Å²) in [4.78, 5) is 44.9. The fourth-order valence-electron chi connectivity index (χ4n) is 1.56. The zero-order valence-corrected chi connectivity index (χ0v) is 27.6. The summed E-state index contributed by atoms with van der Waals surface area (Å²) < 4.78 is 9.38. The minimum atomic E-state index is -0.500. The zero-order chi connectivity index (χ0) is 30.0. The van der Waals surface area contributed by atoms with E-state index in [0.717, 1.165) is 12.8 Å². The Labute approximate surface area is 241 Å². The van der Waals surface area contributed by atoms with Gasteiger partial charge in [0.05, 0.1) is 24.4 Å². The third-order valence-electron chi connectivity index (χ3n) is 4.50. The number of hydrogen-bond donors (Lipinski definition) is 2. The SMILES string of the molecule is CC(C)(C)O.CC(C)(C)O.CCOC(=O)CC(=O)C(C)(C)CC.CCOC(=O)CC(=O)C(C)(C)CC.[Ti]. The summed E-state index contributed by atoms with van der Waals surface area (Å²) in [5.41, 5.74) is -1.82. The normalized spacial score (nSPS) is 11.0. The average Bonchev–Trinajstić information content (AvgIpc) is 2.66. The van der Waals surface area contributed by atoms with Gasteiger partial charge in [0.1, 0.15) is 24.4 Å². The summed E-state index contributed by atoms with van der Waals surface area (Å²) >= 11 is 0. The van der Waals surface area contributed by atoms with Gasteiger partial charge in [0, 0.05) is 32.5 Å². The quantitative estimate of drug-likeness (QED) is 0.203. The minimum absolute atomic E-state index is 0. The standard InChI is InChI=1S/2C10H18O3.2C4H10O.Ti/c2*1-5-10(3,4)8(11)7-9(12)13-6-2;2*1-4(2,3)5;/h2*5-7H2,1-4H3;2*5H,1-3H3;. The van der Waals surface area contributed by atoms with Crippen molar-refractivity contribution in [3.63, 3.8) is 0 Å². The van der Waals surface area contributed by atoms with E-state index in [9.17, 15) is 19.2 Å². The van der Waals surface area contributed by atoms with E-state index in [1.807, 2.05) is 41.5 Å². The van der Waals surface area contributed by atoms with E-state index in [2.05, 4.69) is 0 Å². The molecular weight excluding hydrogens is 512 g/mol. The first-order valence-corrected chi connectivity index (χ1v) is 12.7. The third kappa shape index (κ3) is 39.6. The van der Waals surface area contributed by atoms with Gasteiger partial charge >= 0.3 is 11.9 Å². The van der Waals surface area contributed by atoms with Gasteiger partial charge in [0.2, 0.25) is 0 Å². The second kappa shape index (κ2) is 21.8. The van der Waals surface area contributed by atoms with Crippen LogP contribution in [0.3, 0.4) is 0 Å². The first-order valence-electron chi connectivity index (χ1n) is 12.7. The molecule has 0 aromatic carbocycles. The molecule has 0 heterocycles. The van der Waals surface area contributed by atoms with Crippen molar-refractivity contribution in [1.29, 1.82) is 0 Å². The fourth-order valence-corrected chi connectivity index (χ4v) is 1.56. The number of Topliss-reactive ketones (excluding diaryl/α,β-unsaturated/α-hetero) is 2. The number of rotatable bonds is 10. The van der Waals surface area contributed by atoms with Gasteiger partial charge in [-0.25, -0.2) is 0 Å². The van der Waals surface area contributed by atoms with Crippen LogP contribution >= 0.6 is 0 Å². The molecular formula is C28H56O8Ti. The molecule has 0 bridgehead atoms. The number of carbonyl (C=O) groups is 4. The Morgan fingerprint density at radius 2 is 0.730 bits per heavy atom. The van der Waals surface area contributed by atoms with Crippen LogP contribution in [-0.2, 0) is 50.4 Å². The second-order valence-corrected chi connectivity index (χ2v) is 11.6. The Kier molecular flexibility index (Phi) is 27.0. The largest absolute Gasteiger partial charge is 0.466 e. The predicted octanol–water partition coefficient (Wildman–Crippen LogP) is 5.44. The molecule has 8 nitrogen and oxygen atoms in total. The average molecular weight is 569 g/mol. The van der Waals surface area contributed by atoms with Crippen LogP contribution < -0.4 is 0 Å². The summed E-state index contributed by atoms with van der Waals surface area (Å²) in [6.07, 6.45) is 1.28. The van der Waals surface area contributed by atoms with Crippen molar-refractivity contribution in [1.82, 2.24) is 0 Å². The molecule has 220 valence electrons. The number of carbonyl (C=O) groups excluding carboxylic acids is 4. The van der Waals surface area contributed by atoms with Crippen LogP contribution in [0.15, 0.2) is 0 Å². The summed E-state index contributed by atoms with van der Waals surface area (Å²) in [6, 6.07) is 0. The van der Waals surface area contributed by atoms with Gasteiger partial charge in [0.15, 0.2) is 0 Å². The van der Waals surface area contributed by atoms with Crippen molar-refractivity contribution in [2.45, 2.75) is 134 Å². The van der Waals surface area contributed by atoms with Gasteiger partial charge in [0.25, 0.3) is 0 Å². The first kappa shape index (κ1) is 45.8. The summed E-state index contributed by atoms with van der Waals surface area (Å²) in [5, 5.41) is 17.0. The topological polar surface area (TPSA) is 127 Å². The van der Waals surface area contributed by atoms with Gasteiger partial charge in [-0.15, -0.1) is 0 Å². The van der Waals surface area contributed by atoms with Crippen LogP contribution in [-0.4, -0.2) is 58.1 Å². The molecule has 0 spiro atoms. The Morgan fingerprint density at radius 3 is 0.865 bits per heavy atom. The van der Waals surface area contributed by atoms with Crippen molar-refractivity contribution in [2.24, 2.45) is 10.8 Å². The molecule has 0 unspecified atom stereocenters. The fraction of sp³-hybridized carbons (Fsp3) is 0.857. The Morgan fingerprint density at radius 1 is 0.541 bits per heavy atom. The van der Waals surface area contributed by atoms with Gasteiger partial charge in [-0.2, -0.15) is 0 Å². The summed E-state index contributed by atoms with van der Waals surface area (Å²) in [5.74, 6) is -0.940. The molecule has 0 radical (unpaired) electrons. The van der Waals surface area contributed by atoms with Crippen LogP contribution in [0.25, 0.3) is 0 Å². The van der Waals surface area contributed by atoms with Gasteiger partial charge in [-0.05, 0) is 68.2 Å². The van der Waals surface area contributed by atoms with Crippen LogP contribution in [0.2, 0.25) is 0 Å². The maximum Gasteiger partial charge on any atom is 0.313 e. The van der Waals surface area contributed by atoms with Crippen molar-refractivity contribution in [2.75, 3.05) is 13.2 Å². The molecule has 0 aromatic heterocycles. The Hall–Kier alpha value is -1.09. The van der Waals surface area contributed by atoms with Crippen molar-refractivity contribution in [3.8, 4) is 0 Å². The van der Waals surface area contributed by atoms with E-state index in [1.54, 1.807) is 55.4 Å². The molecule has 0 atom stereocenters. The third-order valence-corrected chi connectivity index (χ3v) is 4.50. The summed E-state index contributed by atoms with van der Waals surface area (Å²) in [7, 11) is 0. The van der Waals surface area contributed by atoms with Crippen molar-refractivity contribution >= 4 is 23.5 Å². The Bertz CT molecular complexity index is 574. The van der Waals surface area contributed by atoms with E-state index in [-0.39, 0.29) is 46.1 Å². The number of ketones is 2. The predicted molar refractivity (Wildman–Crippen MR) is 145 cm³/mol. The smallest absolute Gasteiger partial charge is 0.313 e. The molecule has 0 saturated heterocycles. The first-order chi connectivity index (χ1) is 15.9. The molecule has 0 aliphatic carbocycles. The number of hydrogen-bond acceptors (Lipinski definition) is 8. The van der Waals surface area contributed by atoms with E-state index < -0.39 is 34.0 Å². The van der Waals surface area contributed by atoms with Crippen LogP contribution in [0.5, 0.6) is 0 Å². The Balaban J connectivity index is -0.000000133. The molecule has 9 heteroatoms. The van der Waals surface area contributed by atoms with Crippen LogP contribution in [0, 0.1) is 10.8 Å². The van der Waals surface area contributed by atoms with Crippen LogP contribution in [0.4, 0.5) is 0 Å². The van der Waals surface area contributed by atoms with Crippen LogP contribution in [0.1, 0.15) is 123 Å². The van der Waals surface area contributed by atoms with Crippen molar-refractivity contribution < 1.29 is 60.6 Å². The van der Waals surface area contributed by atoms with E-state index >= 15 is 0 Å². The molecule has 0 amide bonds. The molecule has 0 saturated carbocycles. The number of aliphatic hydroxyl groups is 2. The van der Waals surface area contributed by atoms with Gasteiger partial charge < -0.3 is 19.7 Å². The molecule has 0 aliphatic heterocycles. The second-order valence-electron chi connectivity index (χ2n) is 11.6. The molecule has 2 N–H and O–H groups in total. The van der Waals surface area contributed by atoms with E-state index in [4.69, 9.17) is 19.7 Å². The number of esters is 2. The van der Waals surface area contributed by atoms with Gasteiger partial charge in [-0.1, -0.05) is 41.5 Å². The van der Waals surface area contributed by atoms with E-state index in [1.165, 1.54) is 0 Å². The molecule has 0 rings (SSSR count). The minimum Gasteiger partial charge on any atom is -0.466 e. The zero-order valence-electron chi connectivity index (χ0n) is 26.1. The maximum absolute atomic E-state index is 11.5. The van der Waals surface area contributed by atoms with Crippen molar-refractivity contribution in [3.05, 3.63) is 0 Å². The molecule has 37 heavy (non-hydrogen) atoms. The molecule has 0 aromatic rings. The monoisotopic (exact) mass is 568 g/mol.